The number of nitrogens with zero attached hydrogens (tertiary/aromatic N) is 3. The number of hydrogen-bond donors (Lipinski definition) is 3. The average molecular weight is 580 g/mol. The minimum Gasteiger partial charge on any atom is -0.393 e. The van der Waals surface area contributed by atoms with Gasteiger partial charge in [-0.1, -0.05) is 17.7 Å². The fourth-order valence-corrected chi connectivity index (χ4v) is 6.33. The Balaban J connectivity index is 1.35. The maximum absolute atomic E-state index is 13.5. The predicted molar refractivity (Wildman–Crippen MR) is 140 cm³/mol. The number of thiazole rings is 1. The number of nitrogens with two attached hydrogens (primary N) is 1. The summed E-state index contributed by atoms with van der Waals surface area (Å²) in [4.78, 5) is 27.4. The van der Waals surface area contributed by atoms with Crippen LogP contribution in [0.25, 0.3) is 0 Å². The van der Waals surface area contributed by atoms with Crippen molar-refractivity contribution >= 4 is 44.8 Å². The van der Waals surface area contributed by atoms with Gasteiger partial charge in [0.05, 0.1) is 30.6 Å². The molecule has 2 aromatic heterocycles. The molecule has 4 atom stereocenters. The van der Waals surface area contributed by atoms with Gasteiger partial charge in [-0.2, -0.15) is 8.42 Å². The highest BCUT2D eigenvalue weighted by Gasteiger charge is 2.35. The molecule has 1 fully saturated rings. The summed E-state index contributed by atoms with van der Waals surface area (Å²) < 4.78 is 32.9. The molecule has 0 saturated heterocycles. The summed E-state index contributed by atoms with van der Waals surface area (Å²) in [5, 5.41) is 19.3. The van der Waals surface area contributed by atoms with Gasteiger partial charge in [-0.25, -0.2) is 20.1 Å². The lowest BCUT2D eigenvalue weighted by molar-refractivity contribution is 0.0670. The quantitative estimate of drug-likeness (QED) is 0.337. The number of rotatable bonds is 8. The van der Waals surface area contributed by atoms with Crippen LogP contribution >= 0.6 is 22.9 Å². The van der Waals surface area contributed by atoms with Crippen LogP contribution in [0.3, 0.4) is 0 Å². The fourth-order valence-electron chi connectivity index (χ4n) is 4.89. The Morgan fingerprint density at radius 2 is 2.18 bits per heavy atom. The second-order valence-corrected chi connectivity index (χ2v) is 12.2. The molecule has 1 aliphatic carbocycles. The van der Waals surface area contributed by atoms with Crippen LogP contribution in [0.15, 0.2) is 30.7 Å². The first-order chi connectivity index (χ1) is 18.1. The highest BCUT2D eigenvalue weighted by atomic mass is 35.5. The number of anilines is 1. The molecule has 5 rings (SSSR count). The topological polar surface area (TPSA) is 167 Å². The van der Waals surface area contributed by atoms with Gasteiger partial charge < -0.3 is 15.2 Å². The van der Waals surface area contributed by atoms with Gasteiger partial charge in [0, 0.05) is 28.1 Å². The monoisotopic (exact) mass is 579 g/mol. The standard InChI is InChI=1S/C24H26ClN5O6S2/c1-12-20(22-17-7-15(25)3-2-13(17)4-5-35-22)30-24(37-12)21(32)18-9-27-11-28-23(18)29-16-6-14(19(31)8-16)10-36-38(26,33)34/h2-3,7,9,11,14,16,19,22,31H,4-6,8,10H2,1H3,(H2,26,33,34)(H,27,28,29)/t14-,16-,19+,22?/m1/s1. The van der Waals surface area contributed by atoms with Gasteiger partial charge >= 0.3 is 10.3 Å². The summed E-state index contributed by atoms with van der Waals surface area (Å²) in [6, 6.07) is 5.46. The summed E-state index contributed by atoms with van der Waals surface area (Å²) in [5.74, 6) is -0.485. The Hall–Kier alpha value is -2.52. The van der Waals surface area contributed by atoms with Crippen LogP contribution in [-0.4, -0.2) is 59.6 Å². The zero-order chi connectivity index (χ0) is 27.0. The lowest BCUT2D eigenvalue weighted by Gasteiger charge is -2.25. The minimum atomic E-state index is -4.11. The van der Waals surface area contributed by atoms with Crippen molar-refractivity contribution in [3.8, 4) is 0 Å². The second kappa shape index (κ2) is 10.9. The second-order valence-electron chi connectivity index (χ2n) is 9.34. The Kier molecular flexibility index (Phi) is 7.78. The van der Waals surface area contributed by atoms with E-state index < -0.39 is 28.4 Å². The molecular formula is C24H26ClN5O6S2. The van der Waals surface area contributed by atoms with Crippen LogP contribution in [0.2, 0.25) is 5.02 Å². The molecule has 1 aromatic carbocycles. The van der Waals surface area contributed by atoms with Crippen molar-refractivity contribution < 1.29 is 27.2 Å². The first-order valence-electron chi connectivity index (χ1n) is 11.9. The van der Waals surface area contributed by atoms with E-state index in [1.54, 1.807) is 0 Å². The van der Waals surface area contributed by atoms with Gasteiger partial charge in [0.25, 0.3) is 0 Å². The maximum Gasteiger partial charge on any atom is 0.333 e. The van der Waals surface area contributed by atoms with E-state index in [0.717, 1.165) is 22.4 Å². The van der Waals surface area contributed by atoms with Crippen LogP contribution in [0, 0.1) is 12.8 Å². The number of aliphatic hydroxyl groups is 1. The van der Waals surface area contributed by atoms with Crippen molar-refractivity contribution in [3.63, 3.8) is 0 Å². The van der Waals surface area contributed by atoms with E-state index in [9.17, 15) is 18.3 Å². The molecule has 38 heavy (non-hydrogen) atoms. The molecule has 3 heterocycles. The Morgan fingerprint density at radius 1 is 1.37 bits per heavy atom. The number of hydrogen-bond acceptors (Lipinski definition) is 11. The third-order valence-corrected chi connectivity index (χ3v) is 8.41. The van der Waals surface area contributed by atoms with Crippen LogP contribution in [0.4, 0.5) is 5.82 Å². The van der Waals surface area contributed by atoms with Gasteiger partial charge in [0.1, 0.15) is 18.2 Å². The summed E-state index contributed by atoms with van der Waals surface area (Å²) >= 11 is 7.51. The lowest BCUT2D eigenvalue weighted by atomic mass is 9.95. The van der Waals surface area contributed by atoms with E-state index in [-0.39, 0.29) is 29.0 Å². The Morgan fingerprint density at radius 3 is 2.97 bits per heavy atom. The molecule has 0 bridgehead atoms. The van der Waals surface area contributed by atoms with E-state index >= 15 is 0 Å². The molecule has 1 unspecified atom stereocenters. The highest BCUT2D eigenvalue weighted by Crippen LogP contribution is 2.37. The number of aliphatic hydroxyl groups excluding tert-OH is 1. The predicted octanol–water partition coefficient (Wildman–Crippen LogP) is 2.56. The number of ketones is 1. The Labute approximate surface area is 228 Å². The zero-order valence-electron chi connectivity index (χ0n) is 20.3. The number of halogens is 1. The van der Waals surface area contributed by atoms with Gasteiger partial charge in [-0.05, 0) is 49.4 Å². The summed E-state index contributed by atoms with van der Waals surface area (Å²) in [7, 11) is -4.11. The maximum atomic E-state index is 13.5. The number of nitrogens with one attached hydrogen (secondary N) is 1. The summed E-state index contributed by atoms with van der Waals surface area (Å²) in [5.41, 5.74) is 2.99. The molecular weight excluding hydrogens is 554 g/mol. The molecule has 3 aromatic rings. The van der Waals surface area contributed by atoms with Crippen LogP contribution in [0.1, 0.15) is 56.0 Å². The molecule has 0 radical (unpaired) electrons. The number of aryl methyl sites for hydroxylation is 1. The Bertz CT molecular complexity index is 1470. The highest BCUT2D eigenvalue weighted by molar-refractivity contribution is 7.84. The van der Waals surface area contributed by atoms with Gasteiger partial charge in [-0.3, -0.25) is 8.98 Å². The number of aromatic nitrogens is 3. The van der Waals surface area contributed by atoms with E-state index in [2.05, 4.69) is 24.5 Å². The average Bonchev–Trinajstić information content (AvgIpc) is 3.43. The molecule has 1 aliphatic heterocycles. The molecule has 4 N–H and O–H groups in total. The summed E-state index contributed by atoms with van der Waals surface area (Å²) in [6.45, 7) is 2.21. The SMILES string of the molecule is Cc1sc(C(=O)c2cncnc2N[C@@H]2C[C@H](COS(N)(=O)=O)[C@@H](O)C2)nc1C1OCCc2ccc(Cl)cc21. The molecule has 14 heteroatoms. The third kappa shape index (κ3) is 5.88. The smallest absolute Gasteiger partial charge is 0.333 e. The van der Waals surface area contributed by atoms with Crippen molar-refractivity contribution in [1.82, 2.24) is 15.0 Å². The first kappa shape index (κ1) is 27.1. The van der Waals surface area contributed by atoms with Crippen molar-refractivity contribution in [3.05, 3.63) is 68.0 Å². The first-order valence-corrected chi connectivity index (χ1v) is 14.6. The van der Waals surface area contributed by atoms with Crippen molar-refractivity contribution in [1.29, 1.82) is 0 Å². The van der Waals surface area contributed by atoms with E-state index in [1.807, 2.05) is 25.1 Å². The number of benzene rings is 1. The molecule has 202 valence electrons. The summed E-state index contributed by atoms with van der Waals surface area (Å²) in [6.07, 6.45) is 3.02. The molecule has 11 nitrogen and oxygen atoms in total. The lowest BCUT2D eigenvalue weighted by Crippen LogP contribution is -2.24. The number of fused-ring (bicyclic) bond motifs is 1. The third-order valence-electron chi connectivity index (χ3n) is 6.72. The van der Waals surface area contributed by atoms with Gasteiger partial charge in [0.2, 0.25) is 5.78 Å². The number of carbonyl (C=O) groups is 1. The van der Waals surface area contributed by atoms with Crippen LogP contribution in [-0.2, 0) is 25.6 Å². The van der Waals surface area contributed by atoms with Gasteiger partial charge in [-0.15, -0.1) is 11.3 Å². The fraction of sp³-hybridized carbons (Fsp3) is 0.417. The molecule has 2 aliphatic rings. The van der Waals surface area contributed by atoms with Crippen LogP contribution < -0.4 is 10.5 Å². The minimum absolute atomic E-state index is 0.230. The van der Waals surface area contributed by atoms with E-state index in [4.69, 9.17) is 21.5 Å². The zero-order valence-corrected chi connectivity index (χ0v) is 22.7. The number of carbonyl (C=O) groups excluding carboxylic acids is 1. The van der Waals surface area contributed by atoms with E-state index in [1.165, 1.54) is 23.9 Å². The van der Waals surface area contributed by atoms with Crippen molar-refractivity contribution in [2.75, 3.05) is 18.5 Å². The normalized spacial score (nSPS) is 23.3. The van der Waals surface area contributed by atoms with Gasteiger partial charge in [0.15, 0.2) is 5.01 Å². The largest absolute Gasteiger partial charge is 0.393 e. The van der Waals surface area contributed by atoms with Crippen LogP contribution in [0.5, 0.6) is 0 Å². The van der Waals surface area contributed by atoms with E-state index in [0.29, 0.717) is 36.0 Å². The van der Waals surface area contributed by atoms with Crippen molar-refractivity contribution in [2.45, 2.75) is 44.4 Å². The molecule has 0 amide bonds. The molecule has 1 saturated carbocycles. The van der Waals surface area contributed by atoms with Crippen molar-refractivity contribution in [2.24, 2.45) is 11.1 Å². The molecule has 0 spiro atoms. The number of ether oxygens (including phenoxy) is 1.